The van der Waals surface area contributed by atoms with Crippen LogP contribution >= 0.6 is 31.9 Å². The molecule has 0 amide bonds. The molecule has 0 saturated carbocycles. The Bertz CT molecular complexity index is 583. The number of carboxylic acid groups (broad SMARTS) is 1. The first kappa shape index (κ1) is 14.4. The molecular weight excluding hydrogens is 397 g/mol. The van der Waals surface area contributed by atoms with Crippen molar-refractivity contribution in [3.63, 3.8) is 0 Å². The fraction of sp³-hybridized carbons (Fsp3) is 0.182. The minimum Gasteiger partial charge on any atom is -0.478 e. The molecule has 1 aromatic carbocycles. The first-order valence-corrected chi connectivity index (χ1v) is 6.44. The van der Waals surface area contributed by atoms with Gasteiger partial charge in [-0.2, -0.15) is 13.2 Å². The Hall–Kier alpha value is -1.02. The Morgan fingerprint density at radius 1 is 1.37 bits per heavy atom. The zero-order valence-electron chi connectivity index (χ0n) is 8.96. The fourth-order valence-corrected chi connectivity index (χ4v) is 2.39. The van der Waals surface area contributed by atoms with Crippen molar-refractivity contribution in [1.82, 2.24) is 0 Å². The second-order valence-corrected chi connectivity index (χ2v) is 5.69. The maximum Gasteiger partial charge on any atom is 0.443 e. The van der Waals surface area contributed by atoms with E-state index < -0.39 is 16.7 Å². The van der Waals surface area contributed by atoms with Crippen molar-refractivity contribution in [3.05, 3.63) is 33.8 Å². The van der Waals surface area contributed by atoms with Crippen molar-refractivity contribution >= 4 is 43.9 Å². The SMILES string of the molecule is O=C(O)c1cccc2c1OC(Br)(C(F)(F)F)C(Br)=C2. The number of aromatic carboxylic acids is 1. The number of carboxylic acids is 1. The minimum absolute atomic E-state index is 0.256. The van der Waals surface area contributed by atoms with Crippen LogP contribution in [0.2, 0.25) is 0 Å². The molecule has 19 heavy (non-hydrogen) atoms. The first-order valence-electron chi connectivity index (χ1n) is 4.85. The van der Waals surface area contributed by atoms with Gasteiger partial charge in [0.2, 0.25) is 0 Å². The molecule has 0 spiro atoms. The highest BCUT2D eigenvalue weighted by Gasteiger charge is 2.59. The molecule has 3 nitrogen and oxygen atoms in total. The third-order valence-corrected chi connectivity index (χ3v) is 4.83. The average molecular weight is 402 g/mol. The Balaban J connectivity index is 2.64. The topological polar surface area (TPSA) is 46.5 Å². The number of carbonyl (C=O) groups is 1. The molecule has 1 heterocycles. The monoisotopic (exact) mass is 400 g/mol. The van der Waals surface area contributed by atoms with Crippen molar-refractivity contribution in [2.45, 2.75) is 10.7 Å². The van der Waals surface area contributed by atoms with Gasteiger partial charge in [0, 0.05) is 5.56 Å². The average Bonchev–Trinajstić information content (AvgIpc) is 2.28. The van der Waals surface area contributed by atoms with Gasteiger partial charge in [0.15, 0.2) is 0 Å². The van der Waals surface area contributed by atoms with Crippen LogP contribution in [0.15, 0.2) is 22.7 Å². The molecule has 1 atom stereocenters. The van der Waals surface area contributed by atoms with E-state index in [2.05, 4.69) is 31.9 Å². The van der Waals surface area contributed by atoms with Crippen LogP contribution < -0.4 is 4.74 Å². The summed E-state index contributed by atoms with van der Waals surface area (Å²) in [6.45, 7) is 0. The van der Waals surface area contributed by atoms with Crippen LogP contribution in [0.5, 0.6) is 5.75 Å². The highest BCUT2D eigenvalue weighted by atomic mass is 79.9. The number of alkyl halides is 4. The van der Waals surface area contributed by atoms with Crippen LogP contribution in [-0.4, -0.2) is 21.8 Å². The molecule has 1 aliphatic heterocycles. The van der Waals surface area contributed by atoms with Gasteiger partial charge in [-0.1, -0.05) is 12.1 Å². The molecule has 0 aliphatic carbocycles. The van der Waals surface area contributed by atoms with Crippen LogP contribution in [0.3, 0.4) is 0 Å². The van der Waals surface area contributed by atoms with Crippen LogP contribution in [0.1, 0.15) is 15.9 Å². The summed E-state index contributed by atoms with van der Waals surface area (Å²) in [4.78, 5) is 11.0. The zero-order chi connectivity index (χ0) is 14.4. The normalized spacial score (nSPS) is 22.3. The number of hydrogen-bond donors (Lipinski definition) is 1. The second-order valence-electron chi connectivity index (χ2n) is 3.72. The molecule has 1 N–H and O–H groups in total. The van der Waals surface area contributed by atoms with Gasteiger partial charge in [-0.05, 0) is 44.0 Å². The lowest BCUT2D eigenvalue weighted by molar-refractivity contribution is -0.192. The van der Waals surface area contributed by atoms with E-state index in [0.29, 0.717) is 0 Å². The van der Waals surface area contributed by atoms with Crippen molar-refractivity contribution < 1.29 is 27.8 Å². The first-order chi connectivity index (χ1) is 8.67. The van der Waals surface area contributed by atoms with Crippen LogP contribution in [0, 0.1) is 0 Å². The predicted molar refractivity (Wildman–Crippen MR) is 68.6 cm³/mol. The Morgan fingerprint density at radius 3 is 2.53 bits per heavy atom. The van der Waals surface area contributed by atoms with Gasteiger partial charge < -0.3 is 9.84 Å². The fourth-order valence-electron chi connectivity index (χ4n) is 1.56. The number of fused-ring (bicyclic) bond motifs is 1. The third kappa shape index (κ3) is 2.27. The Labute approximate surface area is 122 Å². The van der Waals surface area contributed by atoms with Crippen molar-refractivity contribution in [2.75, 3.05) is 0 Å². The van der Waals surface area contributed by atoms with Crippen molar-refractivity contribution in [2.24, 2.45) is 0 Å². The highest BCUT2D eigenvalue weighted by molar-refractivity contribution is 9.14. The van der Waals surface area contributed by atoms with E-state index in [4.69, 9.17) is 9.84 Å². The number of hydrogen-bond acceptors (Lipinski definition) is 2. The van der Waals surface area contributed by atoms with Gasteiger partial charge in [-0.3, -0.25) is 0 Å². The lowest BCUT2D eigenvalue weighted by Gasteiger charge is -2.34. The second kappa shape index (κ2) is 4.52. The molecule has 0 saturated heterocycles. The molecule has 0 aromatic heterocycles. The summed E-state index contributed by atoms with van der Waals surface area (Å²) in [5, 5.41) is 8.97. The molecule has 0 bridgehead atoms. The number of benzene rings is 1. The van der Waals surface area contributed by atoms with E-state index in [-0.39, 0.29) is 21.4 Å². The van der Waals surface area contributed by atoms with Gasteiger partial charge in [0.1, 0.15) is 11.3 Å². The predicted octanol–water partition coefficient (Wildman–Crippen LogP) is 4.17. The summed E-state index contributed by atoms with van der Waals surface area (Å²) in [5.74, 6) is -1.69. The molecule has 1 aromatic rings. The standard InChI is InChI=1S/C11H5Br2F3O3/c12-7-4-5-2-1-3-6(9(17)18)8(5)19-10(7,13)11(14,15)16/h1-4H,(H,17,18). The van der Waals surface area contributed by atoms with Gasteiger partial charge in [-0.15, -0.1) is 0 Å². The minimum atomic E-state index is -4.76. The molecule has 1 aliphatic rings. The molecular formula is C11H5Br2F3O3. The van der Waals surface area contributed by atoms with Gasteiger partial charge in [0.25, 0.3) is 4.51 Å². The summed E-state index contributed by atoms with van der Waals surface area (Å²) < 4.78 is 40.9. The lowest BCUT2D eigenvalue weighted by Crippen LogP contribution is -2.46. The van der Waals surface area contributed by atoms with E-state index in [1.165, 1.54) is 24.3 Å². The number of rotatable bonds is 1. The zero-order valence-corrected chi connectivity index (χ0v) is 12.1. The largest absolute Gasteiger partial charge is 0.478 e. The molecule has 1 unspecified atom stereocenters. The van der Waals surface area contributed by atoms with Crippen LogP contribution in [0.4, 0.5) is 13.2 Å². The lowest BCUT2D eigenvalue weighted by atomic mass is 10.0. The Morgan fingerprint density at radius 2 is 2.00 bits per heavy atom. The van der Waals surface area contributed by atoms with E-state index in [0.717, 1.165) is 0 Å². The van der Waals surface area contributed by atoms with Crippen LogP contribution in [-0.2, 0) is 0 Å². The number of ether oxygens (including phenoxy) is 1. The molecule has 0 fully saturated rings. The maximum atomic E-state index is 13.0. The molecule has 0 radical (unpaired) electrons. The summed E-state index contributed by atoms with van der Waals surface area (Å²) in [5.41, 5.74) is -0.0760. The summed E-state index contributed by atoms with van der Waals surface area (Å²) in [6, 6.07) is 4.07. The quantitative estimate of drug-likeness (QED) is 0.718. The smallest absolute Gasteiger partial charge is 0.443 e. The molecule has 102 valence electrons. The van der Waals surface area contributed by atoms with Gasteiger partial charge in [0.05, 0.1) is 4.48 Å². The van der Waals surface area contributed by atoms with Gasteiger partial charge in [-0.25, -0.2) is 4.79 Å². The highest BCUT2D eigenvalue weighted by Crippen LogP contribution is 2.51. The maximum absolute atomic E-state index is 13.0. The number of halogens is 5. The van der Waals surface area contributed by atoms with E-state index in [1.807, 2.05) is 0 Å². The van der Waals surface area contributed by atoms with Crippen molar-refractivity contribution in [3.8, 4) is 5.75 Å². The molecule has 8 heteroatoms. The van der Waals surface area contributed by atoms with Crippen molar-refractivity contribution in [1.29, 1.82) is 0 Å². The number of para-hydroxylation sites is 1. The summed E-state index contributed by atoms with van der Waals surface area (Å²) in [7, 11) is 0. The third-order valence-electron chi connectivity index (χ3n) is 2.47. The summed E-state index contributed by atoms with van der Waals surface area (Å²) >= 11 is 5.28. The Kier molecular flexibility index (Phi) is 3.42. The molecule has 2 rings (SSSR count). The van der Waals surface area contributed by atoms with Gasteiger partial charge >= 0.3 is 12.1 Å². The van der Waals surface area contributed by atoms with E-state index >= 15 is 0 Å². The van der Waals surface area contributed by atoms with Crippen LogP contribution in [0.25, 0.3) is 6.08 Å². The van der Waals surface area contributed by atoms with E-state index in [1.54, 1.807) is 0 Å². The summed E-state index contributed by atoms with van der Waals surface area (Å²) in [6.07, 6.45) is -3.58. The van der Waals surface area contributed by atoms with E-state index in [9.17, 15) is 18.0 Å².